The summed E-state index contributed by atoms with van der Waals surface area (Å²) in [6, 6.07) is 20.3. The Balaban J connectivity index is 1.53. The average Bonchev–Trinajstić information content (AvgIpc) is 3.17. The van der Waals surface area contributed by atoms with E-state index in [1.54, 1.807) is 18.9 Å². The van der Waals surface area contributed by atoms with Gasteiger partial charge in [-0.05, 0) is 61.2 Å². The summed E-state index contributed by atoms with van der Waals surface area (Å²) in [5.41, 5.74) is 3.95. The molecule has 1 aliphatic rings. The number of carbonyl (C=O) groups is 3. The number of anilines is 1. The van der Waals surface area contributed by atoms with E-state index in [9.17, 15) is 19.5 Å². The van der Waals surface area contributed by atoms with Gasteiger partial charge in [-0.3, -0.25) is 9.59 Å². The molecule has 4 amide bonds. The van der Waals surface area contributed by atoms with Crippen molar-refractivity contribution < 1.29 is 29.3 Å². The van der Waals surface area contributed by atoms with Gasteiger partial charge in [0.25, 0.3) is 5.91 Å². The third-order valence-corrected chi connectivity index (χ3v) is 8.84. The fraction of sp³-hybridized carbons (Fsp3) is 0.400. The van der Waals surface area contributed by atoms with E-state index in [0.29, 0.717) is 31.1 Å². The topological polar surface area (TPSA) is 152 Å². The number of methoxy groups -OCH3 is 1. The molecule has 4 rings (SSSR count). The van der Waals surface area contributed by atoms with Crippen LogP contribution in [0.5, 0.6) is 5.75 Å². The Morgan fingerprint density at radius 2 is 1.83 bits per heavy atom. The number of hydrogen-bond acceptors (Lipinski definition) is 8. The highest BCUT2D eigenvalue weighted by Crippen LogP contribution is 2.38. The number of fused-ring (bicyclic) bond motifs is 1. The highest BCUT2D eigenvalue weighted by Gasteiger charge is 2.33. The molecule has 0 radical (unpaired) electrons. The summed E-state index contributed by atoms with van der Waals surface area (Å²) in [4.78, 5) is 41.8. The molecule has 0 aromatic heterocycles. The number of hydrogen-bond donors (Lipinski definition) is 6. The molecule has 0 spiro atoms. The van der Waals surface area contributed by atoms with Crippen LogP contribution < -0.4 is 30.9 Å². The second-order valence-electron chi connectivity index (χ2n) is 12.2. The Bertz CT molecular complexity index is 1530. The molecule has 1 aliphatic heterocycles. The fourth-order valence-corrected chi connectivity index (χ4v) is 6.34. The lowest BCUT2D eigenvalue weighted by Crippen LogP contribution is -2.52. The smallest absolute Gasteiger partial charge is 0.315 e. The molecular weight excluding hydrogens is 618 g/mol. The van der Waals surface area contributed by atoms with Gasteiger partial charge in [0.15, 0.2) is 0 Å². The van der Waals surface area contributed by atoms with Crippen molar-refractivity contribution in [1.29, 1.82) is 0 Å². The lowest BCUT2D eigenvalue weighted by Gasteiger charge is -2.29. The number of nitrogens with zero attached hydrogens (tertiary/aromatic N) is 1. The normalized spacial score (nSPS) is 15.3. The van der Waals surface area contributed by atoms with Crippen molar-refractivity contribution in [3.05, 3.63) is 77.9 Å². The van der Waals surface area contributed by atoms with E-state index < -0.39 is 17.7 Å². The van der Waals surface area contributed by atoms with Gasteiger partial charge in [0.05, 0.1) is 32.1 Å². The highest BCUT2D eigenvalue weighted by molar-refractivity contribution is 7.99. The van der Waals surface area contributed by atoms with Crippen LogP contribution in [0.25, 0.3) is 11.1 Å². The van der Waals surface area contributed by atoms with Gasteiger partial charge in [-0.15, -0.1) is 11.8 Å². The van der Waals surface area contributed by atoms with Crippen molar-refractivity contribution in [3.8, 4) is 16.9 Å². The first kappa shape index (κ1) is 35.7. The molecule has 6 N–H and O–H groups in total. The molecule has 0 saturated heterocycles. The van der Waals surface area contributed by atoms with Crippen LogP contribution in [0, 0.1) is 0 Å². The van der Waals surface area contributed by atoms with Crippen molar-refractivity contribution in [2.24, 2.45) is 0 Å². The minimum atomic E-state index is -0.744. The summed E-state index contributed by atoms with van der Waals surface area (Å²) in [6.45, 7) is 6.47. The number of ether oxygens (including phenoxy) is 1. The van der Waals surface area contributed by atoms with E-state index in [-0.39, 0.29) is 37.4 Å². The number of benzene rings is 3. The number of nitrogens with one attached hydrogen (secondary N) is 4. The quantitative estimate of drug-likeness (QED) is 0.154. The summed E-state index contributed by atoms with van der Waals surface area (Å²) >= 11 is 1.50. The van der Waals surface area contributed by atoms with Crippen LogP contribution in [0.3, 0.4) is 0 Å². The van der Waals surface area contributed by atoms with Crippen molar-refractivity contribution in [3.63, 3.8) is 0 Å². The zero-order chi connectivity index (χ0) is 34.0. The van der Waals surface area contributed by atoms with E-state index in [2.05, 4.69) is 21.3 Å². The van der Waals surface area contributed by atoms with Crippen molar-refractivity contribution in [1.82, 2.24) is 21.3 Å². The van der Waals surface area contributed by atoms with Crippen LogP contribution in [-0.4, -0.2) is 78.3 Å². The van der Waals surface area contributed by atoms with E-state index in [0.717, 1.165) is 32.8 Å². The number of aliphatic hydroxyl groups is 2. The Hall–Kier alpha value is -4.10. The van der Waals surface area contributed by atoms with Gasteiger partial charge in [-0.25, -0.2) is 4.79 Å². The molecule has 3 aromatic rings. The maximum Gasteiger partial charge on any atom is 0.315 e. The van der Waals surface area contributed by atoms with Crippen LogP contribution in [0.1, 0.15) is 38.3 Å². The van der Waals surface area contributed by atoms with Gasteiger partial charge in [-0.2, -0.15) is 0 Å². The molecule has 11 nitrogen and oxygen atoms in total. The predicted molar refractivity (Wildman–Crippen MR) is 184 cm³/mol. The molecule has 0 saturated carbocycles. The molecular formula is C35H45N5O6S. The van der Waals surface area contributed by atoms with Gasteiger partial charge in [0.1, 0.15) is 11.8 Å². The summed E-state index contributed by atoms with van der Waals surface area (Å²) < 4.78 is 5.45. The molecule has 252 valence electrons. The third kappa shape index (κ3) is 10.2. The first-order chi connectivity index (χ1) is 22.5. The number of aliphatic hydroxyl groups excluding tert-OH is 2. The molecule has 0 fully saturated rings. The SMILES string of the molecule is COc1ccc2c(c1)SC[C@@H](NC(=O)CC(C)(C)NC[C@@H](C)O)C(=O)N2Cc1ccc(-c2ccccc2CNC(=O)NCCO)cc1. The number of β-amino-alcohol motifs (C(OH)–C–C–N with tert-alkyl or cyclic N) is 1. The molecule has 3 aromatic carbocycles. The minimum absolute atomic E-state index is 0.130. The van der Waals surface area contributed by atoms with Crippen molar-refractivity contribution in [2.45, 2.75) is 62.9 Å². The highest BCUT2D eigenvalue weighted by atomic mass is 32.2. The maximum atomic E-state index is 14.1. The molecule has 0 bridgehead atoms. The predicted octanol–water partition coefficient (Wildman–Crippen LogP) is 3.42. The van der Waals surface area contributed by atoms with Gasteiger partial charge in [0.2, 0.25) is 5.91 Å². The number of amides is 4. The lowest BCUT2D eigenvalue weighted by molar-refractivity contribution is -0.127. The summed E-state index contributed by atoms with van der Waals surface area (Å²) in [5, 5.41) is 30.2. The Morgan fingerprint density at radius 3 is 2.53 bits per heavy atom. The first-order valence-electron chi connectivity index (χ1n) is 15.6. The maximum absolute atomic E-state index is 14.1. The number of thioether (sulfide) groups is 1. The minimum Gasteiger partial charge on any atom is -0.497 e. The Labute approximate surface area is 280 Å². The fourth-order valence-electron chi connectivity index (χ4n) is 5.25. The van der Waals surface area contributed by atoms with Crippen molar-refractivity contribution >= 4 is 35.3 Å². The second kappa shape index (κ2) is 16.6. The van der Waals surface area contributed by atoms with Crippen molar-refractivity contribution in [2.75, 3.05) is 37.5 Å². The van der Waals surface area contributed by atoms with Gasteiger partial charge in [-0.1, -0.05) is 48.5 Å². The molecule has 47 heavy (non-hydrogen) atoms. The van der Waals surface area contributed by atoms with Gasteiger partial charge >= 0.3 is 6.03 Å². The van der Waals surface area contributed by atoms with E-state index in [1.807, 2.05) is 80.6 Å². The second-order valence-corrected chi connectivity index (χ2v) is 13.2. The average molecular weight is 664 g/mol. The lowest BCUT2D eigenvalue weighted by atomic mass is 9.98. The van der Waals surface area contributed by atoms with Crippen LogP contribution in [0.2, 0.25) is 0 Å². The largest absolute Gasteiger partial charge is 0.497 e. The van der Waals surface area contributed by atoms with Crippen LogP contribution in [0.15, 0.2) is 71.6 Å². The molecule has 0 aliphatic carbocycles. The standard InChI is InChI=1S/C35H45N5O6S/c1-23(42)19-38-35(2,3)18-32(43)39-29-22-47-31-17-27(46-4)13-14-30(31)40(33(29)44)21-24-9-11-25(12-10-24)28-8-6-5-7-26(28)20-37-34(45)36-15-16-41/h5-14,17,23,29,38,41-42H,15-16,18-22H2,1-4H3,(H,39,43)(H2,36,37,45)/t23-,29-/m1/s1. The monoisotopic (exact) mass is 663 g/mol. The van der Waals surface area contributed by atoms with Gasteiger partial charge < -0.3 is 41.1 Å². The van der Waals surface area contributed by atoms with E-state index in [1.165, 1.54) is 11.8 Å². The summed E-state index contributed by atoms with van der Waals surface area (Å²) in [7, 11) is 1.60. The van der Waals surface area contributed by atoms with E-state index in [4.69, 9.17) is 9.84 Å². The molecule has 1 heterocycles. The number of carbonyl (C=O) groups excluding carboxylic acids is 3. The third-order valence-electron chi connectivity index (χ3n) is 7.70. The van der Waals surface area contributed by atoms with Crippen LogP contribution >= 0.6 is 11.8 Å². The van der Waals surface area contributed by atoms with Crippen LogP contribution in [0.4, 0.5) is 10.5 Å². The Morgan fingerprint density at radius 1 is 1.09 bits per heavy atom. The summed E-state index contributed by atoms with van der Waals surface area (Å²) in [6.07, 6.45) is -0.404. The van der Waals surface area contributed by atoms with Crippen LogP contribution in [-0.2, 0) is 22.7 Å². The first-order valence-corrected chi connectivity index (χ1v) is 16.6. The molecule has 0 unspecified atom stereocenters. The van der Waals surface area contributed by atoms with E-state index >= 15 is 0 Å². The zero-order valence-corrected chi connectivity index (χ0v) is 28.2. The van der Waals surface area contributed by atoms with Gasteiger partial charge in [0, 0.05) is 42.2 Å². The zero-order valence-electron chi connectivity index (χ0n) is 27.3. The number of rotatable bonds is 14. The molecule has 12 heteroatoms. The summed E-state index contributed by atoms with van der Waals surface area (Å²) in [5.74, 6) is 0.591. The molecule has 2 atom stereocenters. The number of urea groups is 1. The Kier molecular flexibility index (Phi) is 12.7.